The number of nitrogens with zero attached hydrogens (tertiary/aromatic N) is 2. The number of hydrogen-bond acceptors (Lipinski definition) is 6. The lowest BCUT2D eigenvalue weighted by Crippen LogP contribution is -2.07. The Morgan fingerprint density at radius 2 is 2.00 bits per heavy atom. The second kappa shape index (κ2) is 9.06. The molecular formula is C21H18N2O3S. The normalized spacial score (nSPS) is 10.4. The summed E-state index contributed by atoms with van der Waals surface area (Å²) in [5, 5.41) is 10.8. The predicted molar refractivity (Wildman–Crippen MR) is 105 cm³/mol. The molecule has 0 N–H and O–H groups in total. The maximum absolute atomic E-state index is 12.0. The third-order valence-electron chi connectivity index (χ3n) is 3.75. The molecule has 6 heteroatoms. The number of pyridine rings is 1. The number of carbonyl (C=O) groups excluding carboxylic acids is 1. The van der Waals surface area contributed by atoms with Gasteiger partial charge in [0.25, 0.3) is 0 Å². The molecular weight excluding hydrogens is 360 g/mol. The van der Waals surface area contributed by atoms with Gasteiger partial charge >= 0.3 is 5.97 Å². The lowest BCUT2D eigenvalue weighted by molar-refractivity contribution is -0.141. The molecule has 5 nitrogen and oxygen atoms in total. The van der Waals surface area contributed by atoms with Crippen LogP contribution in [0.15, 0.2) is 59.6 Å². The van der Waals surface area contributed by atoms with Crippen molar-refractivity contribution in [2.75, 3.05) is 12.4 Å². The van der Waals surface area contributed by atoms with E-state index in [0.717, 1.165) is 22.2 Å². The van der Waals surface area contributed by atoms with Crippen LogP contribution in [0.5, 0.6) is 5.75 Å². The van der Waals surface area contributed by atoms with Crippen LogP contribution < -0.4 is 4.74 Å². The summed E-state index contributed by atoms with van der Waals surface area (Å²) in [5.74, 6) is 0.462. The molecule has 0 aliphatic carbocycles. The lowest BCUT2D eigenvalue weighted by Gasteiger charge is -2.08. The predicted octanol–water partition coefficient (Wildman–Crippen LogP) is 4.34. The Balaban J connectivity index is 1.69. The maximum atomic E-state index is 12.0. The van der Waals surface area contributed by atoms with E-state index in [2.05, 4.69) is 11.1 Å². The number of ether oxygens (including phenoxy) is 2. The number of esters is 1. The zero-order valence-corrected chi connectivity index (χ0v) is 15.7. The average Bonchev–Trinajstić information content (AvgIpc) is 2.71. The molecule has 136 valence electrons. The van der Waals surface area contributed by atoms with Crippen LogP contribution in [0.25, 0.3) is 10.9 Å². The highest BCUT2D eigenvalue weighted by atomic mass is 32.2. The number of carbonyl (C=O) groups is 1. The van der Waals surface area contributed by atoms with Gasteiger partial charge in [-0.15, -0.1) is 0 Å². The van der Waals surface area contributed by atoms with Gasteiger partial charge in [-0.05, 0) is 30.7 Å². The first-order chi connectivity index (χ1) is 13.2. The van der Waals surface area contributed by atoms with Crippen LogP contribution in [-0.4, -0.2) is 23.3 Å². The van der Waals surface area contributed by atoms with Crippen molar-refractivity contribution in [2.45, 2.75) is 18.6 Å². The molecule has 0 bridgehead atoms. The number of aromatic nitrogens is 1. The third-order valence-corrected chi connectivity index (χ3v) is 4.72. The summed E-state index contributed by atoms with van der Waals surface area (Å²) in [4.78, 5) is 16.6. The molecule has 0 spiro atoms. The number of thioether (sulfide) groups is 1. The van der Waals surface area contributed by atoms with Gasteiger partial charge in [-0.3, -0.25) is 4.79 Å². The van der Waals surface area contributed by atoms with Crippen molar-refractivity contribution >= 4 is 28.6 Å². The molecule has 3 rings (SSSR count). The smallest absolute Gasteiger partial charge is 0.316 e. The van der Waals surface area contributed by atoms with Crippen LogP contribution in [0.4, 0.5) is 0 Å². The lowest BCUT2D eigenvalue weighted by atomic mass is 10.1. The monoisotopic (exact) mass is 378 g/mol. The first-order valence-corrected chi connectivity index (χ1v) is 9.48. The van der Waals surface area contributed by atoms with Crippen molar-refractivity contribution in [3.05, 3.63) is 65.7 Å². The fourth-order valence-corrected chi connectivity index (χ4v) is 3.24. The van der Waals surface area contributed by atoms with Gasteiger partial charge in [-0.1, -0.05) is 42.1 Å². The van der Waals surface area contributed by atoms with Crippen LogP contribution in [0.1, 0.15) is 18.1 Å². The van der Waals surface area contributed by atoms with Gasteiger partial charge in [-0.2, -0.15) is 5.26 Å². The van der Waals surface area contributed by atoms with Gasteiger partial charge in [0, 0.05) is 11.5 Å². The Kier molecular flexibility index (Phi) is 6.29. The molecule has 2 aromatic carbocycles. The minimum Gasteiger partial charge on any atom is -0.494 e. The van der Waals surface area contributed by atoms with Gasteiger partial charge in [0.2, 0.25) is 0 Å². The highest BCUT2D eigenvalue weighted by Crippen LogP contribution is 2.27. The maximum Gasteiger partial charge on any atom is 0.316 e. The van der Waals surface area contributed by atoms with Crippen molar-refractivity contribution in [2.24, 2.45) is 0 Å². The van der Waals surface area contributed by atoms with E-state index in [1.165, 1.54) is 11.8 Å². The molecule has 0 amide bonds. The highest BCUT2D eigenvalue weighted by Gasteiger charge is 2.12. The van der Waals surface area contributed by atoms with Gasteiger partial charge in [0.05, 0.1) is 23.4 Å². The standard InChI is InChI=1S/C21H18N2O3S/c1-2-25-18-9-8-16-10-17(12-22)21(23-19(16)11-18)27-14-20(24)26-13-15-6-4-3-5-7-15/h3-11H,2,13-14H2,1H3. The molecule has 27 heavy (non-hydrogen) atoms. The van der Waals surface area contributed by atoms with Crippen LogP contribution in [0.3, 0.4) is 0 Å². The van der Waals surface area contributed by atoms with E-state index in [1.807, 2.05) is 55.5 Å². The zero-order valence-electron chi connectivity index (χ0n) is 14.8. The van der Waals surface area contributed by atoms with Crippen LogP contribution in [-0.2, 0) is 16.1 Å². The fourth-order valence-electron chi connectivity index (χ4n) is 2.48. The number of fused-ring (bicyclic) bond motifs is 1. The van der Waals surface area contributed by atoms with E-state index < -0.39 is 0 Å². The Bertz CT molecular complexity index is 984. The van der Waals surface area contributed by atoms with E-state index in [1.54, 1.807) is 6.07 Å². The minimum absolute atomic E-state index is 0.0885. The quantitative estimate of drug-likeness (QED) is 0.450. The first-order valence-electron chi connectivity index (χ1n) is 8.49. The molecule has 0 saturated heterocycles. The van der Waals surface area contributed by atoms with E-state index >= 15 is 0 Å². The van der Waals surface area contributed by atoms with Gasteiger partial charge in [0.15, 0.2) is 0 Å². The summed E-state index contributed by atoms with van der Waals surface area (Å²) < 4.78 is 10.8. The summed E-state index contributed by atoms with van der Waals surface area (Å²) in [6.07, 6.45) is 0. The topological polar surface area (TPSA) is 72.2 Å². The highest BCUT2D eigenvalue weighted by molar-refractivity contribution is 7.99. The Labute approximate surface area is 161 Å². The molecule has 0 aliphatic heterocycles. The largest absolute Gasteiger partial charge is 0.494 e. The molecule has 0 radical (unpaired) electrons. The summed E-state index contributed by atoms with van der Waals surface area (Å²) in [6.45, 7) is 2.71. The molecule has 1 heterocycles. The summed E-state index contributed by atoms with van der Waals surface area (Å²) >= 11 is 1.20. The van der Waals surface area contributed by atoms with Crippen molar-refractivity contribution in [3.63, 3.8) is 0 Å². The van der Waals surface area contributed by atoms with E-state index in [0.29, 0.717) is 17.2 Å². The summed E-state index contributed by atoms with van der Waals surface area (Å²) in [7, 11) is 0. The SMILES string of the molecule is CCOc1ccc2cc(C#N)c(SCC(=O)OCc3ccccc3)nc2c1. The van der Waals surface area contributed by atoms with Crippen molar-refractivity contribution in [1.82, 2.24) is 4.98 Å². The minimum atomic E-state index is -0.349. The zero-order chi connectivity index (χ0) is 19.1. The number of rotatable bonds is 7. The summed E-state index contributed by atoms with van der Waals surface area (Å²) in [6, 6.07) is 19.0. The van der Waals surface area contributed by atoms with Crippen LogP contribution in [0.2, 0.25) is 0 Å². The molecule has 0 fully saturated rings. The van der Waals surface area contributed by atoms with Crippen LogP contribution >= 0.6 is 11.8 Å². The molecule has 0 atom stereocenters. The van der Waals surface area contributed by atoms with Gasteiger partial charge in [0.1, 0.15) is 23.5 Å². The molecule has 1 aromatic heterocycles. The Morgan fingerprint density at radius 1 is 1.19 bits per heavy atom. The van der Waals surface area contributed by atoms with Gasteiger partial charge < -0.3 is 9.47 Å². The second-order valence-corrected chi connectivity index (χ2v) is 6.64. The third kappa shape index (κ3) is 4.99. The Hall–Kier alpha value is -3.04. The number of nitriles is 1. The first kappa shape index (κ1) is 18.7. The van der Waals surface area contributed by atoms with Crippen molar-refractivity contribution in [3.8, 4) is 11.8 Å². The van der Waals surface area contributed by atoms with Gasteiger partial charge in [-0.25, -0.2) is 4.98 Å². The number of benzene rings is 2. The van der Waals surface area contributed by atoms with E-state index in [-0.39, 0.29) is 18.3 Å². The van der Waals surface area contributed by atoms with E-state index in [4.69, 9.17) is 9.47 Å². The summed E-state index contributed by atoms with van der Waals surface area (Å²) in [5.41, 5.74) is 2.09. The second-order valence-electron chi connectivity index (χ2n) is 5.68. The molecule has 0 unspecified atom stereocenters. The van der Waals surface area contributed by atoms with Crippen molar-refractivity contribution < 1.29 is 14.3 Å². The average molecular weight is 378 g/mol. The molecule has 0 saturated carbocycles. The van der Waals surface area contributed by atoms with E-state index in [9.17, 15) is 10.1 Å². The Morgan fingerprint density at radius 3 is 2.74 bits per heavy atom. The fraction of sp³-hybridized carbons (Fsp3) is 0.190. The molecule has 0 aliphatic rings. The van der Waals surface area contributed by atoms with Crippen molar-refractivity contribution in [1.29, 1.82) is 5.26 Å². The molecule has 3 aromatic rings. The number of hydrogen-bond donors (Lipinski definition) is 0. The van der Waals surface area contributed by atoms with Crippen LogP contribution in [0, 0.1) is 11.3 Å².